The molecule has 0 saturated heterocycles. The van der Waals surface area contributed by atoms with Crippen LogP contribution >= 0.6 is 11.6 Å². The minimum atomic E-state index is -0.451. The monoisotopic (exact) mass is 223 g/mol. The number of rotatable bonds is 1. The third kappa shape index (κ3) is 1.73. The highest BCUT2D eigenvalue weighted by atomic mass is 35.5. The number of aryl methyl sites for hydroxylation is 1. The third-order valence-corrected chi connectivity index (χ3v) is 2.22. The van der Waals surface area contributed by atoms with Crippen LogP contribution < -0.4 is 0 Å². The van der Waals surface area contributed by atoms with Gasteiger partial charge in [0.05, 0.1) is 16.1 Å². The quantitative estimate of drug-likeness (QED) is 0.423. The molecule has 0 aliphatic carbocycles. The third-order valence-electron chi connectivity index (χ3n) is 2.05. The summed E-state index contributed by atoms with van der Waals surface area (Å²) in [4.78, 5) is 18.0. The minimum absolute atomic E-state index is 0.0246. The van der Waals surface area contributed by atoms with Crippen molar-refractivity contribution in [1.82, 2.24) is 9.97 Å². The Bertz CT molecular complexity index is 556. The maximum atomic E-state index is 10.6. The second-order valence-electron chi connectivity index (χ2n) is 3.04. The van der Waals surface area contributed by atoms with Gasteiger partial charge in [0.1, 0.15) is 0 Å². The van der Waals surface area contributed by atoms with Crippen LogP contribution in [0.25, 0.3) is 10.9 Å². The maximum Gasteiger partial charge on any atom is 0.270 e. The first-order chi connectivity index (χ1) is 7.08. The van der Waals surface area contributed by atoms with Gasteiger partial charge in [-0.15, -0.1) is 0 Å². The predicted octanol–water partition coefficient (Wildman–Crippen LogP) is 2.50. The molecule has 0 bridgehead atoms. The standard InChI is InChI=1S/C9H6ClN3O2/c1-5-7-4-6(13(14)15)2-3-8(7)12-9(10)11-5/h2-4H,1H3. The SMILES string of the molecule is Cc1nc(Cl)nc2ccc([N+](=O)[O-])cc12. The van der Waals surface area contributed by atoms with Gasteiger partial charge in [0.2, 0.25) is 5.28 Å². The average molecular weight is 224 g/mol. The Hall–Kier alpha value is -1.75. The Morgan fingerprint density at radius 2 is 2.13 bits per heavy atom. The van der Waals surface area contributed by atoms with E-state index in [9.17, 15) is 10.1 Å². The van der Waals surface area contributed by atoms with Gasteiger partial charge in [0.15, 0.2) is 0 Å². The van der Waals surface area contributed by atoms with Gasteiger partial charge in [-0.05, 0) is 24.6 Å². The van der Waals surface area contributed by atoms with Crippen LogP contribution in [0.3, 0.4) is 0 Å². The number of nitro groups is 1. The number of nitro benzene ring substituents is 1. The van der Waals surface area contributed by atoms with E-state index in [0.29, 0.717) is 16.6 Å². The fourth-order valence-electron chi connectivity index (χ4n) is 1.35. The van der Waals surface area contributed by atoms with Crippen LogP contribution in [0.5, 0.6) is 0 Å². The first kappa shape index (κ1) is 9.79. The number of non-ortho nitro benzene ring substituents is 1. The molecule has 1 aromatic heterocycles. The van der Waals surface area contributed by atoms with Crippen molar-refractivity contribution in [2.75, 3.05) is 0 Å². The zero-order chi connectivity index (χ0) is 11.0. The molecule has 0 spiro atoms. The van der Waals surface area contributed by atoms with Crippen molar-refractivity contribution in [3.05, 3.63) is 39.3 Å². The zero-order valence-electron chi connectivity index (χ0n) is 7.77. The molecule has 5 nitrogen and oxygen atoms in total. The predicted molar refractivity (Wildman–Crippen MR) is 55.9 cm³/mol. The van der Waals surface area contributed by atoms with Crippen molar-refractivity contribution in [2.45, 2.75) is 6.92 Å². The Kier molecular flexibility index (Phi) is 2.24. The average Bonchev–Trinajstić information content (AvgIpc) is 2.16. The molecular weight excluding hydrogens is 218 g/mol. The zero-order valence-corrected chi connectivity index (χ0v) is 8.52. The molecule has 0 unspecified atom stereocenters. The van der Waals surface area contributed by atoms with Crippen LogP contribution in [-0.2, 0) is 0 Å². The van der Waals surface area contributed by atoms with Gasteiger partial charge in [-0.2, -0.15) is 0 Å². The second-order valence-corrected chi connectivity index (χ2v) is 3.37. The molecular formula is C9H6ClN3O2. The Labute approximate surface area is 89.9 Å². The maximum absolute atomic E-state index is 10.6. The van der Waals surface area contributed by atoms with Gasteiger partial charge in [-0.1, -0.05) is 0 Å². The van der Waals surface area contributed by atoms with Gasteiger partial charge in [-0.3, -0.25) is 10.1 Å². The molecule has 0 aliphatic rings. The van der Waals surface area contributed by atoms with Crippen molar-refractivity contribution in [3.8, 4) is 0 Å². The summed E-state index contributed by atoms with van der Waals surface area (Å²) in [6.07, 6.45) is 0. The van der Waals surface area contributed by atoms with Crippen molar-refractivity contribution >= 4 is 28.2 Å². The second kappa shape index (κ2) is 3.43. The van der Waals surface area contributed by atoms with E-state index in [4.69, 9.17) is 11.6 Å². The van der Waals surface area contributed by atoms with E-state index in [1.54, 1.807) is 13.0 Å². The molecule has 2 rings (SSSR count). The highest BCUT2D eigenvalue weighted by Gasteiger charge is 2.09. The normalized spacial score (nSPS) is 10.5. The van der Waals surface area contributed by atoms with Crippen molar-refractivity contribution in [3.63, 3.8) is 0 Å². The lowest BCUT2D eigenvalue weighted by Gasteiger charge is -2.00. The van der Waals surface area contributed by atoms with Crippen molar-refractivity contribution in [1.29, 1.82) is 0 Å². The summed E-state index contributed by atoms with van der Waals surface area (Å²) in [7, 11) is 0. The van der Waals surface area contributed by atoms with E-state index < -0.39 is 4.92 Å². The molecule has 76 valence electrons. The van der Waals surface area contributed by atoms with Gasteiger partial charge >= 0.3 is 0 Å². The topological polar surface area (TPSA) is 68.9 Å². The number of hydrogen-bond donors (Lipinski definition) is 0. The van der Waals surface area contributed by atoms with E-state index in [-0.39, 0.29) is 11.0 Å². The Morgan fingerprint density at radius 3 is 2.80 bits per heavy atom. The molecule has 1 aromatic carbocycles. The molecule has 6 heteroatoms. The lowest BCUT2D eigenvalue weighted by atomic mass is 10.2. The van der Waals surface area contributed by atoms with Crippen LogP contribution in [0.1, 0.15) is 5.69 Å². The molecule has 2 aromatic rings. The number of benzene rings is 1. The fraction of sp³-hybridized carbons (Fsp3) is 0.111. The summed E-state index contributed by atoms with van der Waals surface area (Å²) in [5, 5.41) is 11.4. The van der Waals surface area contributed by atoms with Crippen LogP contribution in [0.2, 0.25) is 5.28 Å². The summed E-state index contributed by atoms with van der Waals surface area (Å²) in [6, 6.07) is 4.40. The minimum Gasteiger partial charge on any atom is -0.258 e. The van der Waals surface area contributed by atoms with Crippen LogP contribution in [0.4, 0.5) is 5.69 Å². The van der Waals surface area contributed by atoms with Gasteiger partial charge in [0, 0.05) is 17.5 Å². The van der Waals surface area contributed by atoms with Gasteiger partial charge in [-0.25, -0.2) is 9.97 Å². The smallest absolute Gasteiger partial charge is 0.258 e. The van der Waals surface area contributed by atoms with Crippen molar-refractivity contribution in [2.24, 2.45) is 0 Å². The molecule has 0 N–H and O–H groups in total. The first-order valence-electron chi connectivity index (χ1n) is 4.16. The summed E-state index contributed by atoms with van der Waals surface area (Å²) in [5.74, 6) is 0. The Balaban J connectivity index is 2.76. The number of fused-ring (bicyclic) bond motifs is 1. The summed E-state index contributed by atoms with van der Waals surface area (Å²) >= 11 is 5.67. The largest absolute Gasteiger partial charge is 0.270 e. The Morgan fingerprint density at radius 1 is 1.40 bits per heavy atom. The highest BCUT2D eigenvalue weighted by Crippen LogP contribution is 2.22. The van der Waals surface area contributed by atoms with E-state index in [1.807, 2.05) is 0 Å². The lowest BCUT2D eigenvalue weighted by molar-refractivity contribution is -0.384. The summed E-state index contributed by atoms with van der Waals surface area (Å²) < 4.78 is 0. The van der Waals surface area contributed by atoms with E-state index in [1.165, 1.54) is 12.1 Å². The van der Waals surface area contributed by atoms with E-state index in [0.717, 1.165) is 0 Å². The molecule has 0 amide bonds. The van der Waals surface area contributed by atoms with Crippen LogP contribution in [-0.4, -0.2) is 14.9 Å². The van der Waals surface area contributed by atoms with Gasteiger partial charge < -0.3 is 0 Å². The highest BCUT2D eigenvalue weighted by molar-refractivity contribution is 6.28. The number of aromatic nitrogens is 2. The molecule has 1 heterocycles. The van der Waals surface area contributed by atoms with Crippen molar-refractivity contribution < 1.29 is 4.92 Å². The molecule has 0 saturated carbocycles. The molecule has 0 radical (unpaired) electrons. The molecule has 0 fully saturated rings. The lowest BCUT2D eigenvalue weighted by Crippen LogP contribution is -1.92. The summed E-state index contributed by atoms with van der Waals surface area (Å²) in [5.41, 5.74) is 1.27. The molecule has 15 heavy (non-hydrogen) atoms. The number of hydrogen-bond acceptors (Lipinski definition) is 4. The van der Waals surface area contributed by atoms with Crippen LogP contribution in [0.15, 0.2) is 18.2 Å². The summed E-state index contributed by atoms with van der Waals surface area (Å²) in [6.45, 7) is 1.74. The fourth-order valence-corrected chi connectivity index (χ4v) is 1.57. The molecule has 0 aliphatic heterocycles. The molecule has 0 atom stereocenters. The first-order valence-corrected chi connectivity index (χ1v) is 4.54. The van der Waals surface area contributed by atoms with Gasteiger partial charge in [0.25, 0.3) is 5.69 Å². The van der Waals surface area contributed by atoms with E-state index in [2.05, 4.69) is 9.97 Å². The van der Waals surface area contributed by atoms with Crippen LogP contribution in [0, 0.1) is 17.0 Å². The number of nitrogens with zero attached hydrogens (tertiary/aromatic N) is 3. The van der Waals surface area contributed by atoms with E-state index >= 15 is 0 Å². The number of halogens is 1.